The van der Waals surface area contributed by atoms with E-state index in [-0.39, 0.29) is 5.02 Å². The number of aryl methyl sites for hydroxylation is 1. The maximum absolute atomic E-state index is 14.1. The summed E-state index contributed by atoms with van der Waals surface area (Å²) in [5.41, 5.74) is 8.03. The fourth-order valence-corrected chi connectivity index (χ4v) is 2.35. The van der Waals surface area contributed by atoms with Crippen molar-refractivity contribution in [1.82, 2.24) is 9.78 Å². The molecule has 0 unspecified atom stereocenters. The Kier molecular flexibility index (Phi) is 2.55. The lowest BCUT2D eigenvalue weighted by Crippen LogP contribution is -1.98. The summed E-state index contributed by atoms with van der Waals surface area (Å²) in [7, 11) is 1.77. The number of anilines is 1. The standard InChI is InChI=1S/C13H13ClFN3/c1-18-13(16)10(12(17-18)7-5-6-7)8-3-2-4-9(14)11(8)15/h2-4,7H,5-6,16H2,1H3. The van der Waals surface area contributed by atoms with Crippen LogP contribution in [0.2, 0.25) is 5.02 Å². The zero-order valence-electron chi connectivity index (χ0n) is 9.95. The molecule has 1 aromatic carbocycles. The van der Waals surface area contributed by atoms with Gasteiger partial charge in [-0.1, -0.05) is 23.7 Å². The van der Waals surface area contributed by atoms with Crippen LogP contribution in [0.25, 0.3) is 11.1 Å². The minimum absolute atomic E-state index is 0.109. The molecule has 3 nitrogen and oxygen atoms in total. The first-order chi connectivity index (χ1) is 8.59. The Morgan fingerprint density at radius 3 is 2.83 bits per heavy atom. The molecule has 1 aromatic heterocycles. The average Bonchev–Trinajstić information content (AvgIpc) is 3.13. The topological polar surface area (TPSA) is 43.8 Å². The first-order valence-electron chi connectivity index (χ1n) is 5.86. The highest BCUT2D eigenvalue weighted by Crippen LogP contribution is 2.46. The number of nitrogen functional groups attached to an aromatic ring is 1. The van der Waals surface area contributed by atoms with Gasteiger partial charge in [-0.25, -0.2) is 4.39 Å². The van der Waals surface area contributed by atoms with Crippen molar-refractivity contribution in [3.8, 4) is 11.1 Å². The molecule has 3 rings (SSSR count). The summed E-state index contributed by atoms with van der Waals surface area (Å²) < 4.78 is 15.7. The number of hydrogen-bond acceptors (Lipinski definition) is 2. The van der Waals surface area contributed by atoms with Crippen LogP contribution in [0.5, 0.6) is 0 Å². The Balaban J connectivity index is 2.24. The third kappa shape index (κ3) is 1.68. The second kappa shape index (κ2) is 3.99. The van der Waals surface area contributed by atoms with E-state index in [0.717, 1.165) is 18.5 Å². The minimum atomic E-state index is -0.430. The van der Waals surface area contributed by atoms with Crippen molar-refractivity contribution in [3.63, 3.8) is 0 Å². The van der Waals surface area contributed by atoms with E-state index < -0.39 is 5.82 Å². The maximum atomic E-state index is 14.1. The fourth-order valence-electron chi connectivity index (χ4n) is 2.17. The van der Waals surface area contributed by atoms with Gasteiger partial charge in [-0.05, 0) is 18.9 Å². The summed E-state index contributed by atoms with van der Waals surface area (Å²) in [4.78, 5) is 0. The van der Waals surface area contributed by atoms with Gasteiger partial charge >= 0.3 is 0 Å². The molecule has 0 saturated heterocycles. The number of rotatable bonds is 2. The Labute approximate surface area is 109 Å². The van der Waals surface area contributed by atoms with Crippen molar-refractivity contribution in [3.05, 3.63) is 34.7 Å². The smallest absolute Gasteiger partial charge is 0.149 e. The largest absolute Gasteiger partial charge is 0.383 e. The van der Waals surface area contributed by atoms with Crippen molar-refractivity contribution >= 4 is 17.4 Å². The Morgan fingerprint density at radius 2 is 2.17 bits per heavy atom. The van der Waals surface area contributed by atoms with Gasteiger partial charge in [0.1, 0.15) is 11.6 Å². The molecule has 1 heterocycles. The van der Waals surface area contributed by atoms with Gasteiger partial charge in [0.05, 0.1) is 16.3 Å². The first-order valence-corrected chi connectivity index (χ1v) is 6.24. The predicted molar refractivity (Wildman–Crippen MR) is 70.0 cm³/mol. The van der Waals surface area contributed by atoms with Crippen LogP contribution in [0, 0.1) is 5.82 Å². The van der Waals surface area contributed by atoms with Crippen molar-refractivity contribution in [1.29, 1.82) is 0 Å². The molecule has 1 aliphatic carbocycles. The fraction of sp³-hybridized carbons (Fsp3) is 0.308. The number of halogens is 2. The number of nitrogens with two attached hydrogens (primary N) is 1. The Hall–Kier alpha value is -1.55. The van der Waals surface area contributed by atoms with Crippen LogP contribution < -0.4 is 5.73 Å². The van der Waals surface area contributed by atoms with Gasteiger partial charge in [-0.2, -0.15) is 5.10 Å². The van der Waals surface area contributed by atoms with E-state index in [2.05, 4.69) is 5.10 Å². The van der Waals surface area contributed by atoms with Crippen molar-refractivity contribution in [2.75, 3.05) is 5.73 Å². The molecule has 0 bridgehead atoms. The Bertz CT molecular complexity index is 617. The van der Waals surface area contributed by atoms with Crippen molar-refractivity contribution in [2.45, 2.75) is 18.8 Å². The molecule has 1 saturated carbocycles. The first kappa shape index (κ1) is 11.5. The van der Waals surface area contributed by atoms with Crippen LogP contribution in [0.4, 0.5) is 10.2 Å². The molecular weight excluding hydrogens is 253 g/mol. The number of hydrogen-bond donors (Lipinski definition) is 1. The van der Waals surface area contributed by atoms with E-state index in [0.29, 0.717) is 22.9 Å². The van der Waals surface area contributed by atoms with Crippen molar-refractivity contribution in [2.24, 2.45) is 7.05 Å². The summed E-state index contributed by atoms with van der Waals surface area (Å²) in [5, 5.41) is 4.51. The van der Waals surface area contributed by atoms with Gasteiger partial charge in [-0.3, -0.25) is 4.68 Å². The van der Waals surface area contributed by atoms with Crippen LogP contribution in [0.15, 0.2) is 18.2 Å². The molecule has 2 aromatic rings. The summed E-state index contributed by atoms with van der Waals surface area (Å²) in [6, 6.07) is 4.95. The molecule has 5 heteroatoms. The zero-order chi connectivity index (χ0) is 12.9. The molecule has 1 aliphatic rings. The molecule has 0 aliphatic heterocycles. The van der Waals surface area contributed by atoms with Crippen LogP contribution in [-0.4, -0.2) is 9.78 Å². The molecule has 0 spiro atoms. The second-order valence-corrected chi connectivity index (χ2v) is 5.05. The summed E-state index contributed by atoms with van der Waals surface area (Å²) >= 11 is 5.83. The Morgan fingerprint density at radius 1 is 1.44 bits per heavy atom. The van der Waals surface area contributed by atoms with E-state index >= 15 is 0 Å². The minimum Gasteiger partial charge on any atom is -0.383 e. The highest BCUT2D eigenvalue weighted by molar-refractivity contribution is 6.31. The van der Waals surface area contributed by atoms with Crippen LogP contribution in [0.3, 0.4) is 0 Å². The summed E-state index contributed by atoms with van der Waals surface area (Å²) in [6.07, 6.45) is 2.18. The highest BCUT2D eigenvalue weighted by atomic mass is 35.5. The molecule has 0 amide bonds. The average molecular weight is 266 g/mol. The lowest BCUT2D eigenvalue weighted by Gasteiger charge is -2.06. The van der Waals surface area contributed by atoms with E-state index in [1.54, 1.807) is 23.9 Å². The van der Waals surface area contributed by atoms with E-state index in [9.17, 15) is 4.39 Å². The van der Waals surface area contributed by atoms with Gasteiger partial charge in [0.25, 0.3) is 0 Å². The van der Waals surface area contributed by atoms with Gasteiger partial charge in [-0.15, -0.1) is 0 Å². The summed E-state index contributed by atoms with van der Waals surface area (Å²) in [6.45, 7) is 0. The van der Waals surface area contributed by atoms with E-state index in [1.165, 1.54) is 6.07 Å². The molecular formula is C13H13ClFN3. The summed E-state index contributed by atoms with van der Waals surface area (Å²) in [5.74, 6) is 0.459. The second-order valence-electron chi connectivity index (χ2n) is 4.64. The lowest BCUT2D eigenvalue weighted by molar-refractivity contribution is 0.631. The molecule has 2 N–H and O–H groups in total. The monoisotopic (exact) mass is 265 g/mol. The van der Waals surface area contributed by atoms with Crippen LogP contribution in [0.1, 0.15) is 24.5 Å². The molecule has 94 valence electrons. The number of aromatic nitrogens is 2. The molecule has 0 radical (unpaired) electrons. The maximum Gasteiger partial charge on any atom is 0.149 e. The SMILES string of the molecule is Cn1nc(C2CC2)c(-c2cccc(Cl)c2F)c1N. The highest BCUT2D eigenvalue weighted by Gasteiger charge is 2.32. The normalized spacial score (nSPS) is 15.1. The van der Waals surface area contributed by atoms with Gasteiger partial charge in [0.15, 0.2) is 0 Å². The van der Waals surface area contributed by atoms with E-state index in [1.807, 2.05) is 0 Å². The molecule has 18 heavy (non-hydrogen) atoms. The molecule has 0 atom stereocenters. The third-order valence-corrected chi connectivity index (χ3v) is 3.60. The zero-order valence-corrected chi connectivity index (χ0v) is 10.7. The quantitative estimate of drug-likeness (QED) is 0.905. The van der Waals surface area contributed by atoms with Crippen LogP contribution in [-0.2, 0) is 7.05 Å². The van der Waals surface area contributed by atoms with Crippen molar-refractivity contribution < 1.29 is 4.39 Å². The van der Waals surface area contributed by atoms with E-state index in [4.69, 9.17) is 17.3 Å². The van der Waals surface area contributed by atoms with Gasteiger partial charge < -0.3 is 5.73 Å². The van der Waals surface area contributed by atoms with Gasteiger partial charge in [0.2, 0.25) is 0 Å². The number of benzene rings is 1. The van der Waals surface area contributed by atoms with Crippen LogP contribution >= 0.6 is 11.6 Å². The predicted octanol–water partition coefficient (Wildman–Crippen LogP) is 3.34. The lowest BCUT2D eigenvalue weighted by atomic mass is 10.0. The number of nitrogens with zero attached hydrogens (tertiary/aromatic N) is 2. The van der Waals surface area contributed by atoms with Gasteiger partial charge in [0, 0.05) is 18.5 Å². The third-order valence-electron chi connectivity index (χ3n) is 3.30. The molecule has 1 fully saturated rings.